The van der Waals surface area contributed by atoms with E-state index in [1.54, 1.807) is 12.4 Å². The molecule has 2 N–H and O–H groups in total. The molecule has 4 heteroatoms. The molecule has 1 saturated heterocycles. The van der Waals surface area contributed by atoms with E-state index in [0.717, 1.165) is 5.75 Å². The Hall–Kier alpha value is -1.29. The van der Waals surface area contributed by atoms with Crippen molar-refractivity contribution in [2.75, 3.05) is 25.9 Å². The van der Waals surface area contributed by atoms with Crippen LogP contribution in [0, 0.1) is 0 Å². The smallest absolute Gasteiger partial charge is 0.145 e. The molecule has 0 unspecified atom stereocenters. The fourth-order valence-corrected chi connectivity index (χ4v) is 1.90. The third-order valence-electron chi connectivity index (χ3n) is 2.91. The summed E-state index contributed by atoms with van der Waals surface area (Å²) < 4.78 is 5.68. The molecule has 0 bridgehead atoms. The third-order valence-corrected chi connectivity index (χ3v) is 2.91. The van der Waals surface area contributed by atoms with E-state index in [1.807, 2.05) is 6.07 Å². The average molecular weight is 207 g/mol. The highest BCUT2D eigenvalue weighted by Gasteiger charge is 2.21. The van der Waals surface area contributed by atoms with Crippen molar-refractivity contribution in [2.24, 2.45) is 0 Å². The van der Waals surface area contributed by atoms with Crippen LogP contribution in [0.25, 0.3) is 0 Å². The monoisotopic (exact) mass is 207 g/mol. The van der Waals surface area contributed by atoms with Crippen LogP contribution in [0.5, 0.6) is 5.75 Å². The van der Waals surface area contributed by atoms with Gasteiger partial charge in [0.25, 0.3) is 0 Å². The second-order valence-corrected chi connectivity index (χ2v) is 4.00. The first-order chi connectivity index (χ1) is 7.27. The number of anilines is 1. The van der Waals surface area contributed by atoms with Crippen LogP contribution < -0.4 is 10.5 Å². The van der Waals surface area contributed by atoms with Gasteiger partial charge in [0.15, 0.2) is 0 Å². The second kappa shape index (κ2) is 4.49. The van der Waals surface area contributed by atoms with Gasteiger partial charge >= 0.3 is 0 Å². The maximum atomic E-state index is 5.74. The Morgan fingerprint density at radius 3 is 3.20 bits per heavy atom. The molecule has 0 aliphatic carbocycles. The molecule has 0 amide bonds. The van der Waals surface area contributed by atoms with Crippen LogP contribution in [-0.4, -0.2) is 36.1 Å². The van der Waals surface area contributed by atoms with E-state index in [1.165, 1.54) is 19.4 Å². The number of nitrogens with zero attached hydrogens (tertiary/aromatic N) is 2. The molecular formula is C11H17N3O. The van der Waals surface area contributed by atoms with Gasteiger partial charge in [-0.3, -0.25) is 4.98 Å². The molecule has 0 aromatic carbocycles. The SMILES string of the molecule is CN1CCC[C@@H]1COc1ccncc1N. The molecule has 1 aliphatic rings. The minimum atomic E-state index is 0.526. The Morgan fingerprint density at radius 1 is 1.67 bits per heavy atom. The number of hydrogen-bond donors (Lipinski definition) is 1. The maximum absolute atomic E-state index is 5.74. The normalized spacial score (nSPS) is 21.8. The highest BCUT2D eigenvalue weighted by molar-refractivity contribution is 5.49. The van der Waals surface area contributed by atoms with Crippen LogP contribution in [-0.2, 0) is 0 Å². The Bertz CT molecular complexity index is 329. The van der Waals surface area contributed by atoms with E-state index in [2.05, 4.69) is 16.9 Å². The topological polar surface area (TPSA) is 51.4 Å². The van der Waals surface area contributed by atoms with E-state index < -0.39 is 0 Å². The van der Waals surface area contributed by atoms with Crippen LogP contribution >= 0.6 is 0 Å². The lowest BCUT2D eigenvalue weighted by Crippen LogP contribution is -2.30. The molecule has 1 atom stereocenters. The van der Waals surface area contributed by atoms with Crippen molar-refractivity contribution >= 4 is 5.69 Å². The predicted octanol–water partition coefficient (Wildman–Crippen LogP) is 1.14. The van der Waals surface area contributed by atoms with Gasteiger partial charge in [-0.05, 0) is 26.4 Å². The molecule has 2 heterocycles. The van der Waals surface area contributed by atoms with Gasteiger partial charge in [-0.15, -0.1) is 0 Å². The molecule has 0 saturated carbocycles. The summed E-state index contributed by atoms with van der Waals surface area (Å²) in [7, 11) is 2.14. The van der Waals surface area contributed by atoms with Crippen LogP contribution in [0.4, 0.5) is 5.69 Å². The zero-order chi connectivity index (χ0) is 10.7. The Labute approximate surface area is 90.0 Å². The van der Waals surface area contributed by atoms with Gasteiger partial charge < -0.3 is 15.4 Å². The van der Waals surface area contributed by atoms with Crippen molar-refractivity contribution in [3.8, 4) is 5.75 Å². The Balaban J connectivity index is 1.90. The van der Waals surface area contributed by atoms with E-state index in [0.29, 0.717) is 18.3 Å². The highest BCUT2D eigenvalue weighted by atomic mass is 16.5. The van der Waals surface area contributed by atoms with Crippen LogP contribution in [0.2, 0.25) is 0 Å². The predicted molar refractivity (Wildman–Crippen MR) is 59.8 cm³/mol. The number of likely N-dealkylation sites (tertiary alicyclic amines) is 1. The first-order valence-electron chi connectivity index (χ1n) is 5.30. The first-order valence-corrected chi connectivity index (χ1v) is 5.30. The van der Waals surface area contributed by atoms with Gasteiger partial charge in [0.2, 0.25) is 0 Å². The molecule has 1 aliphatic heterocycles. The number of likely N-dealkylation sites (N-methyl/N-ethyl adjacent to an activating group) is 1. The third kappa shape index (κ3) is 2.39. The van der Waals surface area contributed by atoms with Gasteiger partial charge in [0, 0.05) is 18.3 Å². The van der Waals surface area contributed by atoms with Crippen molar-refractivity contribution in [1.29, 1.82) is 0 Å². The molecule has 4 nitrogen and oxygen atoms in total. The number of hydrogen-bond acceptors (Lipinski definition) is 4. The second-order valence-electron chi connectivity index (χ2n) is 4.00. The maximum Gasteiger partial charge on any atom is 0.145 e. The minimum absolute atomic E-state index is 0.526. The lowest BCUT2D eigenvalue weighted by atomic mass is 10.2. The van der Waals surface area contributed by atoms with E-state index >= 15 is 0 Å². The first kappa shape index (κ1) is 10.2. The lowest BCUT2D eigenvalue weighted by molar-refractivity contribution is 0.199. The Morgan fingerprint density at radius 2 is 2.53 bits per heavy atom. The summed E-state index contributed by atoms with van der Waals surface area (Å²) in [6.07, 6.45) is 5.79. The molecule has 0 radical (unpaired) electrons. The van der Waals surface area contributed by atoms with Crippen molar-refractivity contribution in [3.05, 3.63) is 18.5 Å². The highest BCUT2D eigenvalue weighted by Crippen LogP contribution is 2.21. The van der Waals surface area contributed by atoms with Gasteiger partial charge in [0.1, 0.15) is 12.4 Å². The van der Waals surface area contributed by atoms with E-state index in [9.17, 15) is 0 Å². The summed E-state index contributed by atoms with van der Waals surface area (Å²) in [4.78, 5) is 6.25. The molecule has 1 fully saturated rings. The van der Waals surface area contributed by atoms with Gasteiger partial charge in [-0.25, -0.2) is 0 Å². The Kier molecular flexibility index (Phi) is 3.06. The summed E-state index contributed by atoms with van der Waals surface area (Å²) in [5, 5.41) is 0. The number of aromatic nitrogens is 1. The summed E-state index contributed by atoms with van der Waals surface area (Å²) in [5.74, 6) is 0.741. The fraction of sp³-hybridized carbons (Fsp3) is 0.545. The number of nitrogen functional groups attached to an aromatic ring is 1. The summed E-state index contributed by atoms with van der Waals surface area (Å²) >= 11 is 0. The standard InChI is InChI=1S/C11H17N3O/c1-14-6-2-3-9(14)8-15-11-4-5-13-7-10(11)12/h4-5,7,9H,2-3,6,8,12H2,1H3/t9-/m1/s1. The summed E-state index contributed by atoms with van der Waals surface area (Å²) in [6.45, 7) is 1.88. The average Bonchev–Trinajstić information content (AvgIpc) is 2.63. The lowest BCUT2D eigenvalue weighted by Gasteiger charge is -2.19. The molecule has 0 spiro atoms. The van der Waals surface area contributed by atoms with Gasteiger partial charge in [-0.1, -0.05) is 0 Å². The minimum Gasteiger partial charge on any atom is -0.490 e. The van der Waals surface area contributed by atoms with Crippen molar-refractivity contribution in [3.63, 3.8) is 0 Å². The molecule has 2 rings (SSSR count). The number of pyridine rings is 1. The molecule has 1 aromatic heterocycles. The van der Waals surface area contributed by atoms with E-state index in [-0.39, 0.29) is 0 Å². The zero-order valence-corrected chi connectivity index (χ0v) is 9.02. The largest absolute Gasteiger partial charge is 0.490 e. The number of nitrogens with two attached hydrogens (primary N) is 1. The van der Waals surface area contributed by atoms with Crippen LogP contribution in [0.15, 0.2) is 18.5 Å². The molecular weight excluding hydrogens is 190 g/mol. The summed E-state index contributed by atoms with van der Waals surface area (Å²) in [5.41, 5.74) is 6.35. The fourth-order valence-electron chi connectivity index (χ4n) is 1.90. The van der Waals surface area contributed by atoms with Crippen molar-refractivity contribution in [2.45, 2.75) is 18.9 Å². The van der Waals surface area contributed by atoms with Crippen LogP contribution in [0.3, 0.4) is 0 Å². The van der Waals surface area contributed by atoms with Gasteiger partial charge in [0.05, 0.1) is 11.9 Å². The summed E-state index contributed by atoms with van der Waals surface area (Å²) in [6, 6.07) is 2.34. The zero-order valence-electron chi connectivity index (χ0n) is 9.02. The van der Waals surface area contributed by atoms with Crippen molar-refractivity contribution in [1.82, 2.24) is 9.88 Å². The van der Waals surface area contributed by atoms with Gasteiger partial charge in [-0.2, -0.15) is 0 Å². The van der Waals surface area contributed by atoms with Crippen molar-refractivity contribution < 1.29 is 4.74 Å². The number of ether oxygens (including phenoxy) is 1. The molecule has 82 valence electrons. The quantitative estimate of drug-likeness (QED) is 0.807. The molecule has 15 heavy (non-hydrogen) atoms. The van der Waals surface area contributed by atoms with E-state index in [4.69, 9.17) is 10.5 Å². The van der Waals surface area contributed by atoms with Crippen LogP contribution in [0.1, 0.15) is 12.8 Å². The molecule has 1 aromatic rings. The number of rotatable bonds is 3.